The van der Waals surface area contributed by atoms with Crippen molar-refractivity contribution in [1.29, 1.82) is 0 Å². The van der Waals surface area contributed by atoms with E-state index in [2.05, 4.69) is 4.74 Å². The zero-order valence-electron chi connectivity index (χ0n) is 9.32. The maximum absolute atomic E-state index is 11.6. The third-order valence-corrected chi connectivity index (χ3v) is 2.11. The number of ketones is 1. The van der Waals surface area contributed by atoms with Crippen molar-refractivity contribution in [1.82, 2.24) is 0 Å². The lowest BCUT2D eigenvalue weighted by molar-refractivity contribution is -0.137. The van der Waals surface area contributed by atoms with Crippen molar-refractivity contribution in [2.45, 2.75) is 20.3 Å². The van der Waals surface area contributed by atoms with E-state index in [9.17, 15) is 14.7 Å². The lowest BCUT2D eigenvalue weighted by Crippen LogP contribution is -2.17. The number of Topliss-reactive ketones (excluding diaryl/α,β-unsaturated/α-hetero) is 1. The van der Waals surface area contributed by atoms with Gasteiger partial charge in [-0.05, 0) is 37.1 Å². The van der Waals surface area contributed by atoms with Crippen LogP contribution in [0.2, 0.25) is 0 Å². The first-order chi connectivity index (χ1) is 7.58. The second kappa shape index (κ2) is 5.30. The van der Waals surface area contributed by atoms with Crippen LogP contribution in [-0.4, -0.2) is 23.5 Å². The highest BCUT2D eigenvalue weighted by atomic mass is 16.5. The minimum absolute atomic E-state index is 0.0213. The number of hydrogen-bond donors (Lipinski definition) is 1. The highest BCUT2D eigenvalue weighted by Gasteiger charge is 2.18. The van der Waals surface area contributed by atoms with Crippen LogP contribution in [0.5, 0.6) is 5.75 Å². The molecule has 0 unspecified atom stereocenters. The van der Waals surface area contributed by atoms with E-state index >= 15 is 0 Å². The average molecular weight is 222 g/mol. The van der Waals surface area contributed by atoms with E-state index in [1.54, 1.807) is 19.1 Å². The van der Waals surface area contributed by atoms with Gasteiger partial charge in [-0.1, -0.05) is 6.92 Å². The van der Waals surface area contributed by atoms with Crippen LogP contribution in [-0.2, 0) is 16.0 Å². The molecule has 0 atom stereocenters. The Hall–Kier alpha value is -1.84. The fourth-order valence-corrected chi connectivity index (χ4v) is 1.32. The molecule has 0 saturated carbocycles. The van der Waals surface area contributed by atoms with Gasteiger partial charge in [0.2, 0.25) is 0 Å². The summed E-state index contributed by atoms with van der Waals surface area (Å²) in [6, 6.07) is 4.40. The molecule has 0 heterocycles. The van der Waals surface area contributed by atoms with Crippen LogP contribution in [0, 0.1) is 0 Å². The summed E-state index contributed by atoms with van der Waals surface area (Å²) >= 11 is 0. The average Bonchev–Trinajstić information content (AvgIpc) is 2.27. The number of carbonyl (C=O) groups excluding carboxylic acids is 2. The Morgan fingerprint density at radius 2 is 1.94 bits per heavy atom. The smallest absolute Gasteiger partial charge is 0.379 e. The molecule has 0 spiro atoms. The number of ether oxygens (including phenoxy) is 1. The molecule has 0 radical (unpaired) electrons. The number of rotatable bonds is 4. The summed E-state index contributed by atoms with van der Waals surface area (Å²) in [5, 5.41) is 9.38. The minimum Gasteiger partial charge on any atom is -0.508 e. The van der Waals surface area contributed by atoms with E-state index < -0.39 is 11.8 Å². The summed E-state index contributed by atoms with van der Waals surface area (Å²) in [6.45, 7) is 3.68. The topological polar surface area (TPSA) is 63.6 Å². The normalized spacial score (nSPS) is 9.88. The Kier molecular flexibility index (Phi) is 4.05. The summed E-state index contributed by atoms with van der Waals surface area (Å²) in [6.07, 6.45) is 0.678. The molecule has 0 amide bonds. The van der Waals surface area contributed by atoms with Crippen LogP contribution in [0.15, 0.2) is 18.2 Å². The van der Waals surface area contributed by atoms with Gasteiger partial charge in [-0.15, -0.1) is 0 Å². The molecular formula is C12H14O4. The molecule has 0 saturated heterocycles. The number of aryl methyl sites for hydroxylation is 1. The molecule has 86 valence electrons. The molecule has 0 aromatic heterocycles. The zero-order chi connectivity index (χ0) is 12.1. The first-order valence-electron chi connectivity index (χ1n) is 5.12. The third kappa shape index (κ3) is 2.82. The predicted octanol–water partition coefficient (Wildman–Crippen LogP) is 1.70. The van der Waals surface area contributed by atoms with Crippen LogP contribution >= 0.6 is 0 Å². The SMILES string of the molecule is CCOC(=O)C(=O)c1cc(O)cc(CC)c1. The lowest BCUT2D eigenvalue weighted by Gasteiger charge is -2.04. The van der Waals surface area contributed by atoms with Gasteiger partial charge in [0.05, 0.1) is 6.61 Å². The molecule has 0 fully saturated rings. The van der Waals surface area contributed by atoms with Gasteiger partial charge >= 0.3 is 5.97 Å². The molecule has 1 aromatic carbocycles. The van der Waals surface area contributed by atoms with Crippen molar-refractivity contribution in [2.75, 3.05) is 6.61 Å². The molecule has 0 aliphatic heterocycles. The van der Waals surface area contributed by atoms with Gasteiger partial charge in [0.25, 0.3) is 5.78 Å². The second-order valence-electron chi connectivity index (χ2n) is 3.29. The first-order valence-corrected chi connectivity index (χ1v) is 5.12. The maximum atomic E-state index is 11.6. The molecule has 0 aliphatic rings. The summed E-state index contributed by atoms with van der Waals surface area (Å²) in [4.78, 5) is 22.8. The minimum atomic E-state index is -0.893. The second-order valence-corrected chi connectivity index (χ2v) is 3.29. The Balaban J connectivity index is 2.99. The number of carbonyl (C=O) groups is 2. The van der Waals surface area contributed by atoms with E-state index in [4.69, 9.17) is 0 Å². The molecular weight excluding hydrogens is 208 g/mol. The van der Waals surface area contributed by atoms with Gasteiger partial charge in [0.15, 0.2) is 0 Å². The van der Waals surface area contributed by atoms with Crippen molar-refractivity contribution < 1.29 is 19.4 Å². The van der Waals surface area contributed by atoms with E-state index in [0.717, 1.165) is 5.56 Å². The standard InChI is InChI=1S/C12H14O4/c1-3-8-5-9(7-10(13)6-8)11(14)12(15)16-4-2/h5-7,13H,3-4H2,1-2H3. The van der Waals surface area contributed by atoms with Gasteiger partial charge in [-0.25, -0.2) is 4.79 Å². The van der Waals surface area contributed by atoms with Crippen molar-refractivity contribution >= 4 is 11.8 Å². The Bertz CT molecular complexity index is 409. The van der Waals surface area contributed by atoms with Gasteiger partial charge in [0, 0.05) is 5.56 Å². The summed E-state index contributed by atoms with van der Waals surface area (Å²) in [5.41, 5.74) is 0.961. The molecule has 16 heavy (non-hydrogen) atoms. The van der Waals surface area contributed by atoms with Crippen LogP contribution in [0.25, 0.3) is 0 Å². The molecule has 1 N–H and O–H groups in total. The van der Waals surface area contributed by atoms with Crippen LogP contribution < -0.4 is 0 Å². The quantitative estimate of drug-likeness (QED) is 0.478. The number of hydrogen-bond acceptors (Lipinski definition) is 4. The Labute approximate surface area is 93.9 Å². The van der Waals surface area contributed by atoms with E-state index in [-0.39, 0.29) is 17.9 Å². The van der Waals surface area contributed by atoms with Gasteiger partial charge in [-0.2, -0.15) is 0 Å². The molecule has 4 nitrogen and oxygen atoms in total. The van der Waals surface area contributed by atoms with Crippen molar-refractivity contribution in [2.24, 2.45) is 0 Å². The van der Waals surface area contributed by atoms with E-state index in [1.165, 1.54) is 6.07 Å². The predicted molar refractivity (Wildman–Crippen MR) is 58.4 cm³/mol. The molecule has 0 bridgehead atoms. The van der Waals surface area contributed by atoms with Crippen molar-refractivity contribution in [3.63, 3.8) is 0 Å². The summed E-state index contributed by atoms with van der Waals surface area (Å²) in [7, 11) is 0. The third-order valence-electron chi connectivity index (χ3n) is 2.11. The first kappa shape index (κ1) is 12.2. The molecule has 4 heteroatoms. The number of aromatic hydroxyl groups is 1. The van der Waals surface area contributed by atoms with Crippen LogP contribution in [0.4, 0.5) is 0 Å². The molecule has 0 aliphatic carbocycles. The fourth-order valence-electron chi connectivity index (χ4n) is 1.32. The van der Waals surface area contributed by atoms with Gasteiger partial charge < -0.3 is 9.84 Å². The Morgan fingerprint density at radius 1 is 1.25 bits per heavy atom. The van der Waals surface area contributed by atoms with E-state index in [0.29, 0.717) is 6.42 Å². The maximum Gasteiger partial charge on any atom is 0.379 e. The van der Waals surface area contributed by atoms with Crippen molar-refractivity contribution in [3.8, 4) is 5.75 Å². The molecule has 1 rings (SSSR count). The largest absolute Gasteiger partial charge is 0.508 e. The van der Waals surface area contributed by atoms with Crippen LogP contribution in [0.1, 0.15) is 29.8 Å². The number of phenols is 1. The number of esters is 1. The van der Waals surface area contributed by atoms with Crippen LogP contribution in [0.3, 0.4) is 0 Å². The molecule has 1 aromatic rings. The van der Waals surface area contributed by atoms with Gasteiger partial charge in [0.1, 0.15) is 5.75 Å². The number of benzene rings is 1. The number of phenolic OH excluding ortho intramolecular Hbond substituents is 1. The monoisotopic (exact) mass is 222 g/mol. The van der Waals surface area contributed by atoms with Crippen molar-refractivity contribution in [3.05, 3.63) is 29.3 Å². The summed E-state index contributed by atoms with van der Waals surface area (Å²) in [5.74, 6) is -1.64. The zero-order valence-corrected chi connectivity index (χ0v) is 9.32. The Morgan fingerprint density at radius 3 is 2.50 bits per heavy atom. The van der Waals surface area contributed by atoms with E-state index in [1.807, 2.05) is 6.92 Å². The summed E-state index contributed by atoms with van der Waals surface area (Å²) < 4.78 is 4.60. The highest BCUT2D eigenvalue weighted by molar-refractivity contribution is 6.40. The lowest BCUT2D eigenvalue weighted by atomic mass is 10.1. The fraction of sp³-hybridized carbons (Fsp3) is 0.333. The highest BCUT2D eigenvalue weighted by Crippen LogP contribution is 2.17. The van der Waals surface area contributed by atoms with Gasteiger partial charge in [-0.3, -0.25) is 4.79 Å².